The Morgan fingerprint density at radius 1 is 0.769 bits per heavy atom. The molecule has 0 amide bonds. The number of nitrogens with one attached hydrogen (secondary N) is 1. The predicted octanol–water partition coefficient (Wildman–Crippen LogP) is 6.46. The van der Waals surface area contributed by atoms with Crippen molar-refractivity contribution in [1.29, 1.82) is 0 Å². The van der Waals surface area contributed by atoms with Crippen molar-refractivity contribution in [3.8, 4) is 0 Å². The smallest absolute Gasteiger partial charge is 0.0909 e. The highest BCUT2D eigenvalue weighted by Crippen LogP contribution is 2.46. The molecule has 0 spiro atoms. The molecule has 26 heavy (non-hydrogen) atoms. The molecule has 0 radical (unpaired) electrons. The summed E-state index contributed by atoms with van der Waals surface area (Å²) in [5.74, 6) is 0. The van der Waals surface area contributed by atoms with E-state index in [4.69, 9.17) is 4.99 Å². The van der Waals surface area contributed by atoms with Crippen molar-refractivity contribution in [1.82, 2.24) is 0 Å². The van der Waals surface area contributed by atoms with Crippen molar-refractivity contribution in [2.24, 2.45) is 4.99 Å². The molecule has 1 aliphatic rings. The average Bonchev–Trinajstić information content (AvgIpc) is 2.91. The van der Waals surface area contributed by atoms with Gasteiger partial charge in [0.05, 0.1) is 17.1 Å². The van der Waals surface area contributed by atoms with Gasteiger partial charge in [0.1, 0.15) is 0 Å². The Hall–Kier alpha value is -2.87. The molecule has 1 heterocycles. The van der Waals surface area contributed by atoms with Gasteiger partial charge in [0.15, 0.2) is 0 Å². The van der Waals surface area contributed by atoms with E-state index >= 15 is 0 Å². The molecule has 0 saturated carbocycles. The van der Waals surface area contributed by atoms with E-state index in [0.29, 0.717) is 0 Å². The number of hydrogen-bond acceptors (Lipinski definition) is 2. The fourth-order valence-corrected chi connectivity index (χ4v) is 3.82. The average molecular weight is 340 g/mol. The minimum Gasteiger partial charge on any atom is -0.353 e. The van der Waals surface area contributed by atoms with Crippen molar-refractivity contribution in [3.63, 3.8) is 0 Å². The lowest BCUT2D eigenvalue weighted by Gasteiger charge is -2.23. The van der Waals surface area contributed by atoms with Gasteiger partial charge in [-0.15, -0.1) is 0 Å². The van der Waals surface area contributed by atoms with Crippen LogP contribution in [0.2, 0.25) is 0 Å². The van der Waals surface area contributed by atoms with E-state index in [0.717, 1.165) is 17.1 Å². The maximum absolute atomic E-state index is 5.08. The molecular weight excluding hydrogens is 316 g/mol. The van der Waals surface area contributed by atoms with E-state index in [-0.39, 0.29) is 5.41 Å². The van der Waals surface area contributed by atoms with Gasteiger partial charge in [0.25, 0.3) is 0 Å². The van der Waals surface area contributed by atoms with E-state index in [2.05, 4.69) is 93.7 Å². The SMILES string of the molecule is Cc1cccc(C)c1Nc1cccc2c1N=C(c1ccccc1)C2(C)C. The Labute approximate surface area is 155 Å². The first-order valence-corrected chi connectivity index (χ1v) is 9.10. The van der Waals surface area contributed by atoms with Crippen LogP contribution in [0.1, 0.15) is 36.1 Å². The highest BCUT2D eigenvalue weighted by Gasteiger charge is 2.36. The van der Waals surface area contributed by atoms with Crippen molar-refractivity contribution in [3.05, 3.63) is 89.0 Å². The van der Waals surface area contributed by atoms with Gasteiger partial charge in [-0.1, -0.05) is 74.5 Å². The topological polar surface area (TPSA) is 24.4 Å². The molecule has 0 atom stereocenters. The first-order chi connectivity index (χ1) is 12.5. The summed E-state index contributed by atoms with van der Waals surface area (Å²) in [6.45, 7) is 8.79. The summed E-state index contributed by atoms with van der Waals surface area (Å²) < 4.78 is 0. The van der Waals surface area contributed by atoms with Crippen molar-refractivity contribution in [2.75, 3.05) is 5.32 Å². The number of anilines is 2. The zero-order chi connectivity index (χ0) is 18.3. The zero-order valence-corrected chi connectivity index (χ0v) is 15.8. The molecule has 0 bridgehead atoms. The summed E-state index contributed by atoms with van der Waals surface area (Å²) in [6, 6.07) is 23.3. The van der Waals surface area contributed by atoms with Gasteiger partial charge in [-0.2, -0.15) is 0 Å². The van der Waals surface area contributed by atoms with E-state index in [1.165, 1.54) is 27.9 Å². The summed E-state index contributed by atoms with van der Waals surface area (Å²) >= 11 is 0. The van der Waals surface area contributed by atoms with Gasteiger partial charge in [-0.3, -0.25) is 0 Å². The zero-order valence-electron chi connectivity index (χ0n) is 15.8. The lowest BCUT2D eigenvalue weighted by molar-refractivity contribution is 0.738. The number of hydrogen-bond donors (Lipinski definition) is 1. The quantitative estimate of drug-likeness (QED) is 0.581. The number of fused-ring (bicyclic) bond motifs is 1. The number of nitrogens with zero attached hydrogens (tertiary/aromatic N) is 1. The van der Waals surface area contributed by atoms with Gasteiger partial charge in [-0.25, -0.2) is 4.99 Å². The summed E-state index contributed by atoms with van der Waals surface area (Å²) in [4.78, 5) is 5.08. The summed E-state index contributed by atoms with van der Waals surface area (Å²) in [5, 5.41) is 3.64. The minimum atomic E-state index is -0.116. The fraction of sp³-hybridized carbons (Fsp3) is 0.208. The minimum absolute atomic E-state index is 0.116. The molecule has 0 aromatic heterocycles. The lowest BCUT2D eigenvalue weighted by Crippen LogP contribution is -2.26. The monoisotopic (exact) mass is 340 g/mol. The van der Waals surface area contributed by atoms with Crippen molar-refractivity contribution in [2.45, 2.75) is 33.1 Å². The maximum Gasteiger partial charge on any atom is 0.0909 e. The van der Waals surface area contributed by atoms with E-state index in [9.17, 15) is 0 Å². The molecule has 3 aromatic carbocycles. The van der Waals surface area contributed by atoms with Gasteiger partial charge >= 0.3 is 0 Å². The van der Waals surface area contributed by atoms with Crippen LogP contribution in [0.4, 0.5) is 17.1 Å². The molecule has 1 N–H and O–H groups in total. The van der Waals surface area contributed by atoms with E-state index < -0.39 is 0 Å². The van der Waals surface area contributed by atoms with Crippen LogP contribution in [-0.2, 0) is 5.41 Å². The van der Waals surface area contributed by atoms with Crippen LogP contribution >= 0.6 is 0 Å². The van der Waals surface area contributed by atoms with Gasteiger partial charge in [0.2, 0.25) is 0 Å². The maximum atomic E-state index is 5.08. The number of rotatable bonds is 3. The molecule has 130 valence electrons. The van der Waals surface area contributed by atoms with Crippen LogP contribution in [0.25, 0.3) is 0 Å². The second-order valence-electron chi connectivity index (χ2n) is 7.54. The number of aliphatic imine (C=N–C) groups is 1. The van der Waals surface area contributed by atoms with E-state index in [1.807, 2.05) is 6.07 Å². The summed E-state index contributed by atoms with van der Waals surface area (Å²) in [5.41, 5.74) is 9.25. The molecule has 0 fully saturated rings. The molecule has 3 aromatic rings. The normalized spacial score (nSPS) is 14.7. The Morgan fingerprint density at radius 3 is 2.12 bits per heavy atom. The Morgan fingerprint density at radius 2 is 1.42 bits per heavy atom. The van der Waals surface area contributed by atoms with Crippen LogP contribution in [0.15, 0.2) is 71.7 Å². The Kier molecular flexibility index (Phi) is 3.91. The Bertz CT molecular complexity index is 978. The first kappa shape index (κ1) is 16.6. The van der Waals surface area contributed by atoms with Gasteiger partial charge in [-0.05, 0) is 42.2 Å². The lowest BCUT2D eigenvalue weighted by atomic mass is 9.79. The predicted molar refractivity (Wildman–Crippen MR) is 111 cm³/mol. The fourth-order valence-electron chi connectivity index (χ4n) is 3.82. The van der Waals surface area contributed by atoms with Gasteiger partial charge in [0, 0.05) is 11.1 Å². The molecule has 0 unspecified atom stereocenters. The summed E-state index contributed by atoms with van der Waals surface area (Å²) in [6.07, 6.45) is 0. The van der Waals surface area contributed by atoms with Crippen LogP contribution in [0.3, 0.4) is 0 Å². The second-order valence-corrected chi connectivity index (χ2v) is 7.54. The first-order valence-electron chi connectivity index (χ1n) is 9.10. The van der Waals surface area contributed by atoms with Crippen molar-refractivity contribution < 1.29 is 0 Å². The second kappa shape index (κ2) is 6.14. The third-order valence-electron chi connectivity index (χ3n) is 5.31. The molecule has 1 aliphatic heterocycles. The molecule has 0 aliphatic carbocycles. The number of benzene rings is 3. The standard InChI is InChI=1S/C24H24N2/c1-16-10-8-11-17(2)21(16)25-20-15-9-14-19-22(20)26-23(24(19,3)4)18-12-6-5-7-13-18/h5-15,25H,1-4H3. The third kappa shape index (κ3) is 2.62. The highest BCUT2D eigenvalue weighted by molar-refractivity contribution is 6.13. The van der Waals surface area contributed by atoms with Crippen LogP contribution in [-0.4, -0.2) is 5.71 Å². The van der Waals surface area contributed by atoms with Crippen molar-refractivity contribution >= 4 is 22.8 Å². The van der Waals surface area contributed by atoms with Crippen LogP contribution in [0.5, 0.6) is 0 Å². The highest BCUT2D eigenvalue weighted by atomic mass is 14.9. The molecule has 2 heteroatoms. The van der Waals surface area contributed by atoms with Crippen LogP contribution < -0.4 is 5.32 Å². The molecular formula is C24H24N2. The number of aryl methyl sites for hydroxylation is 2. The van der Waals surface area contributed by atoms with Crippen LogP contribution in [0, 0.1) is 13.8 Å². The largest absolute Gasteiger partial charge is 0.353 e. The molecule has 2 nitrogen and oxygen atoms in total. The number of para-hydroxylation sites is 2. The van der Waals surface area contributed by atoms with Gasteiger partial charge < -0.3 is 5.32 Å². The summed E-state index contributed by atoms with van der Waals surface area (Å²) in [7, 11) is 0. The van der Waals surface area contributed by atoms with E-state index in [1.54, 1.807) is 0 Å². The Balaban J connectivity index is 1.83. The third-order valence-corrected chi connectivity index (χ3v) is 5.31. The molecule has 0 saturated heterocycles. The molecule has 4 rings (SSSR count).